The highest BCUT2D eigenvalue weighted by Gasteiger charge is 2.10. The van der Waals surface area contributed by atoms with Crippen molar-refractivity contribution in [3.63, 3.8) is 0 Å². The second-order valence-corrected chi connectivity index (χ2v) is 3.93. The minimum Gasteiger partial charge on any atom is -0.396 e. The van der Waals surface area contributed by atoms with Crippen LogP contribution < -0.4 is 5.73 Å². The lowest BCUT2D eigenvalue weighted by atomic mass is 10.0. The second kappa shape index (κ2) is 4.37. The van der Waals surface area contributed by atoms with E-state index in [9.17, 15) is 9.18 Å². The van der Waals surface area contributed by atoms with E-state index >= 15 is 0 Å². The molecule has 2 nitrogen and oxygen atoms in total. The van der Waals surface area contributed by atoms with Gasteiger partial charge in [0.05, 0.1) is 5.69 Å². The molecule has 0 bridgehead atoms. The highest BCUT2D eigenvalue weighted by atomic mass is 19.1. The monoisotopic (exact) mass is 229 g/mol. The van der Waals surface area contributed by atoms with E-state index in [1.807, 2.05) is 19.1 Å². The number of hydrogen-bond donors (Lipinski definition) is 1. The van der Waals surface area contributed by atoms with Gasteiger partial charge in [0, 0.05) is 11.1 Å². The molecule has 0 aliphatic carbocycles. The summed E-state index contributed by atoms with van der Waals surface area (Å²) in [6.07, 6.45) is 0. The maximum Gasteiger partial charge on any atom is 0.193 e. The Morgan fingerprint density at radius 3 is 2.24 bits per heavy atom. The van der Waals surface area contributed by atoms with Gasteiger partial charge in [0.15, 0.2) is 5.78 Å². The minimum absolute atomic E-state index is 0.0467. The Morgan fingerprint density at radius 1 is 1.06 bits per heavy atom. The average molecular weight is 229 g/mol. The van der Waals surface area contributed by atoms with Crippen LogP contribution in [0.3, 0.4) is 0 Å². The van der Waals surface area contributed by atoms with Gasteiger partial charge in [-0.1, -0.05) is 29.8 Å². The van der Waals surface area contributed by atoms with E-state index in [2.05, 4.69) is 0 Å². The topological polar surface area (TPSA) is 43.1 Å². The van der Waals surface area contributed by atoms with Gasteiger partial charge in [-0.25, -0.2) is 4.39 Å². The first kappa shape index (κ1) is 11.3. The predicted molar refractivity (Wildman–Crippen MR) is 65.4 cm³/mol. The molecule has 0 atom stereocenters. The van der Waals surface area contributed by atoms with Gasteiger partial charge < -0.3 is 5.73 Å². The largest absolute Gasteiger partial charge is 0.396 e. The van der Waals surface area contributed by atoms with E-state index in [1.54, 1.807) is 12.1 Å². The molecule has 0 unspecified atom stereocenters. The molecule has 0 aromatic heterocycles. The third kappa shape index (κ3) is 2.33. The highest BCUT2D eigenvalue weighted by molar-refractivity contribution is 6.09. The minimum atomic E-state index is -0.567. The molecule has 0 aliphatic heterocycles. The first-order valence-corrected chi connectivity index (χ1v) is 5.24. The van der Waals surface area contributed by atoms with Crippen LogP contribution in [-0.2, 0) is 0 Å². The summed E-state index contributed by atoms with van der Waals surface area (Å²) in [4.78, 5) is 12.0. The van der Waals surface area contributed by atoms with E-state index in [0.717, 1.165) is 11.6 Å². The van der Waals surface area contributed by atoms with Crippen molar-refractivity contribution in [1.82, 2.24) is 0 Å². The van der Waals surface area contributed by atoms with Crippen LogP contribution in [0.5, 0.6) is 0 Å². The number of halogens is 1. The molecular formula is C14H12FNO. The van der Waals surface area contributed by atoms with E-state index in [1.165, 1.54) is 12.1 Å². The van der Waals surface area contributed by atoms with E-state index in [4.69, 9.17) is 5.73 Å². The SMILES string of the molecule is Cc1ccc(C(=O)c2ccc(N)c(F)c2)cc1. The van der Waals surface area contributed by atoms with Crippen molar-refractivity contribution in [2.75, 3.05) is 5.73 Å². The summed E-state index contributed by atoms with van der Waals surface area (Å²) in [5.41, 5.74) is 7.33. The lowest BCUT2D eigenvalue weighted by Crippen LogP contribution is -2.03. The summed E-state index contributed by atoms with van der Waals surface area (Å²) in [5, 5.41) is 0. The van der Waals surface area contributed by atoms with Crippen LogP contribution in [0.4, 0.5) is 10.1 Å². The summed E-state index contributed by atoms with van der Waals surface area (Å²) < 4.78 is 13.2. The van der Waals surface area contributed by atoms with Crippen molar-refractivity contribution in [3.05, 3.63) is 65.0 Å². The first-order valence-electron chi connectivity index (χ1n) is 5.24. The van der Waals surface area contributed by atoms with Gasteiger partial charge in [-0.05, 0) is 25.1 Å². The zero-order valence-corrected chi connectivity index (χ0v) is 9.41. The van der Waals surface area contributed by atoms with Crippen LogP contribution in [0, 0.1) is 12.7 Å². The predicted octanol–water partition coefficient (Wildman–Crippen LogP) is 2.95. The van der Waals surface area contributed by atoms with Crippen LogP contribution in [0.15, 0.2) is 42.5 Å². The lowest BCUT2D eigenvalue weighted by Gasteiger charge is -2.03. The van der Waals surface area contributed by atoms with E-state index < -0.39 is 5.82 Å². The fourth-order valence-electron chi connectivity index (χ4n) is 1.54. The Bertz CT molecular complexity index is 561. The molecule has 2 rings (SSSR count). The molecule has 0 saturated carbocycles. The standard InChI is InChI=1S/C14H12FNO/c1-9-2-4-10(5-3-9)14(17)11-6-7-13(16)12(15)8-11/h2-8H,16H2,1H3. The number of nitrogens with two attached hydrogens (primary N) is 1. The molecule has 86 valence electrons. The molecule has 2 N–H and O–H groups in total. The van der Waals surface area contributed by atoms with E-state index in [-0.39, 0.29) is 11.5 Å². The molecule has 0 heterocycles. The molecule has 3 heteroatoms. The van der Waals surface area contributed by atoms with Crippen molar-refractivity contribution >= 4 is 11.5 Å². The number of benzene rings is 2. The van der Waals surface area contributed by atoms with Gasteiger partial charge in [0.25, 0.3) is 0 Å². The highest BCUT2D eigenvalue weighted by Crippen LogP contribution is 2.16. The zero-order chi connectivity index (χ0) is 12.4. The summed E-state index contributed by atoms with van der Waals surface area (Å²) >= 11 is 0. The second-order valence-electron chi connectivity index (χ2n) is 3.93. The third-order valence-electron chi connectivity index (χ3n) is 2.58. The van der Waals surface area contributed by atoms with Gasteiger partial charge in [0.2, 0.25) is 0 Å². The van der Waals surface area contributed by atoms with Gasteiger partial charge in [-0.2, -0.15) is 0 Å². The summed E-state index contributed by atoms with van der Waals surface area (Å²) in [7, 11) is 0. The lowest BCUT2D eigenvalue weighted by molar-refractivity contribution is 0.103. The number of rotatable bonds is 2. The number of nitrogen functional groups attached to an aromatic ring is 1. The number of ketones is 1. The number of anilines is 1. The molecule has 0 amide bonds. The summed E-state index contributed by atoms with van der Waals surface area (Å²) in [6.45, 7) is 1.94. The normalized spacial score (nSPS) is 10.2. The van der Waals surface area contributed by atoms with Crippen molar-refractivity contribution in [2.45, 2.75) is 6.92 Å². The Morgan fingerprint density at radius 2 is 1.65 bits per heavy atom. The van der Waals surface area contributed by atoms with Gasteiger partial charge >= 0.3 is 0 Å². The van der Waals surface area contributed by atoms with Gasteiger partial charge in [0.1, 0.15) is 5.82 Å². The molecule has 0 fully saturated rings. The van der Waals surface area contributed by atoms with Crippen molar-refractivity contribution in [2.24, 2.45) is 0 Å². The number of carbonyl (C=O) groups is 1. The quantitative estimate of drug-likeness (QED) is 0.635. The summed E-state index contributed by atoms with van der Waals surface area (Å²) in [6, 6.07) is 11.2. The first-order chi connectivity index (χ1) is 8.08. The Labute approximate surface area is 98.9 Å². The summed E-state index contributed by atoms with van der Waals surface area (Å²) in [5.74, 6) is -0.771. The fraction of sp³-hybridized carbons (Fsp3) is 0.0714. The molecule has 2 aromatic rings. The molecule has 0 radical (unpaired) electrons. The number of aryl methyl sites for hydroxylation is 1. The maximum atomic E-state index is 13.2. The van der Waals surface area contributed by atoms with Crippen LogP contribution in [-0.4, -0.2) is 5.78 Å². The average Bonchev–Trinajstić information content (AvgIpc) is 2.33. The Hall–Kier alpha value is -2.16. The van der Waals surface area contributed by atoms with Crippen molar-refractivity contribution in [1.29, 1.82) is 0 Å². The van der Waals surface area contributed by atoms with Gasteiger partial charge in [-0.15, -0.1) is 0 Å². The Balaban J connectivity index is 2.37. The molecule has 0 aliphatic rings. The zero-order valence-electron chi connectivity index (χ0n) is 9.41. The number of carbonyl (C=O) groups excluding carboxylic acids is 1. The molecular weight excluding hydrogens is 217 g/mol. The van der Waals surface area contributed by atoms with Gasteiger partial charge in [-0.3, -0.25) is 4.79 Å². The van der Waals surface area contributed by atoms with Crippen molar-refractivity contribution < 1.29 is 9.18 Å². The van der Waals surface area contributed by atoms with E-state index in [0.29, 0.717) is 11.1 Å². The van der Waals surface area contributed by atoms with Crippen LogP contribution >= 0.6 is 0 Å². The third-order valence-corrected chi connectivity index (χ3v) is 2.58. The molecule has 17 heavy (non-hydrogen) atoms. The van der Waals surface area contributed by atoms with Crippen LogP contribution in [0.1, 0.15) is 21.5 Å². The number of hydrogen-bond acceptors (Lipinski definition) is 2. The molecule has 2 aromatic carbocycles. The molecule has 0 spiro atoms. The fourth-order valence-corrected chi connectivity index (χ4v) is 1.54. The van der Waals surface area contributed by atoms with Crippen LogP contribution in [0.25, 0.3) is 0 Å². The van der Waals surface area contributed by atoms with Crippen molar-refractivity contribution in [3.8, 4) is 0 Å². The maximum absolute atomic E-state index is 13.2. The molecule has 0 saturated heterocycles. The Kier molecular flexibility index (Phi) is 2.91. The smallest absolute Gasteiger partial charge is 0.193 e. The van der Waals surface area contributed by atoms with Crippen LogP contribution in [0.2, 0.25) is 0 Å².